The van der Waals surface area contributed by atoms with Crippen molar-refractivity contribution in [3.8, 4) is 11.3 Å². The van der Waals surface area contributed by atoms with E-state index < -0.39 is 35.7 Å². The number of carbonyl (C=O) groups excluding carboxylic acids is 3. The van der Waals surface area contributed by atoms with E-state index >= 15 is 0 Å². The van der Waals surface area contributed by atoms with Crippen LogP contribution in [0.3, 0.4) is 0 Å². The third-order valence-electron chi connectivity index (χ3n) is 5.79. The third kappa shape index (κ3) is 3.90. The van der Waals surface area contributed by atoms with Crippen molar-refractivity contribution >= 4 is 45.1 Å². The molecule has 34 heavy (non-hydrogen) atoms. The normalized spacial score (nSPS) is 17.8. The number of fused-ring (bicyclic) bond motifs is 1. The highest BCUT2D eigenvalue weighted by atomic mass is 32.1. The van der Waals surface area contributed by atoms with Crippen LogP contribution in [0.1, 0.15) is 12.5 Å². The zero-order valence-electron chi connectivity index (χ0n) is 18.0. The maximum Gasteiger partial charge on any atom is 0.325 e. The minimum Gasteiger partial charge on any atom is -0.319 e. The maximum atomic E-state index is 13.3. The van der Waals surface area contributed by atoms with Crippen LogP contribution in [0, 0.1) is 5.82 Å². The van der Waals surface area contributed by atoms with Gasteiger partial charge in [0.25, 0.3) is 5.91 Å². The summed E-state index contributed by atoms with van der Waals surface area (Å²) < 4.78 is 13.3. The van der Waals surface area contributed by atoms with Gasteiger partial charge in [-0.05, 0) is 41.5 Å². The van der Waals surface area contributed by atoms with Crippen LogP contribution in [-0.2, 0) is 15.1 Å². The summed E-state index contributed by atoms with van der Waals surface area (Å²) >= 11 is 1.25. The number of hydrogen-bond donors (Lipinski definition) is 2. The predicted octanol–water partition coefficient (Wildman–Crippen LogP) is 4.51. The molecule has 3 aromatic carbocycles. The molecule has 2 N–H and O–H groups in total. The highest BCUT2D eigenvalue weighted by Crippen LogP contribution is 2.30. The number of hydrogen-bond acceptors (Lipinski definition) is 5. The van der Waals surface area contributed by atoms with E-state index in [4.69, 9.17) is 0 Å². The fraction of sp³-hybridized carbons (Fsp3) is 0.120. The van der Waals surface area contributed by atoms with E-state index in [1.165, 1.54) is 42.5 Å². The zero-order chi connectivity index (χ0) is 23.9. The summed E-state index contributed by atoms with van der Waals surface area (Å²) in [4.78, 5) is 43.3. The minimum absolute atomic E-state index is 0.363. The molecule has 4 aromatic rings. The molecule has 0 radical (unpaired) electrons. The lowest BCUT2D eigenvalue weighted by molar-refractivity contribution is -0.133. The Balaban J connectivity index is 1.28. The Morgan fingerprint density at radius 3 is 2.59 bits per heavy atom. The molecule has 1 aromatic heterocycles. The van der Waals surface area contributed by atoms with Gasteiger partial charge in [-0.3, -0.25) is 14.5 Å². The van der Waals surface area contributed by atoms with Gasteiger partial charge >= 0.3 is 6.03 Å². The molecule has 9 heteroatoms. The monoisotopic (exact) mass is 474 g/mol. The molecule has 0 saturated carbocycles. The largest absolute Gasteiger partial charge is 0.325 e. The summed E-state index contributed by atoms with van der Waals surface area (Å²) in [6.07, 6.45) is 0. The van der Waals surface area contributed by atoms with Gasteiger partial charge in [0.05, 0.1) is 5.69 Å². The number of nitrogens with one attached hydrogen (secondary N) is 2. The molecular weight excluding hydrogens is 455 g/mol. The topological polar surface area (TPSA) is 91.4 Å². The number of benzene rings is 3. The SMILES string of the molecule is CC1(c2ccc(F)cc2)NC(=O)N(CC(=O)Nc2nc(-c3ccc4ccccc4c3)cs2)C1=O. The Morgan fingerprint density at radius 1 is 1.09 bits per heavy atom. The number of rotatable bonds is 5. The van der Waals surface area contributed by atoms with Gasteiger partial charge in [-0.15, -0.1) is 11.3 Å². The molecular formula is C25H19FN4O3S. The second-order valence-electron chi connectivity index (χ2n) is 8.10. The first-order valence-electron chi connectivity index (χ1n) is 10.5. The smallest absolute Gasteiger partial charge is 0.319 e. The number of carbonyl (C=O) groups is 3. The van der Waals surface area contributed by atoms with Crippen molar-refractivity contribution in [3.05, 3.63) is 83.5 Å². The van der Waals surface area contributed by atoms with E-state index in [0.29, 0.717) is 16.4 Å². The van der Waals surface area contributed by atoms with Crippen LogP contribution >= 0.6 is 11.3 Å². The average Bonchev–Trinajstić information content (AvgIpc) is 3.38. The fourth-order valence-corrected chi connectivity index (χ4v) is 4.67. The van der Waals surface area contributed by atoms with Crippen LogP contribution in [0.4, 0.5) is 14.3 Å². The van der Waals surface area contributed by atoms with Gasteiger partial charge in [0.15, 0.2) is 5.13 Å². The Morgan fingerprint density at radius 2 is 1.82 bits per heavy atom. The van der Waals surface area contributed by atoms with Gasteiger partial charge in [-0.2, -0.15) is 0 Å². The van der Waals surface area contributed by atoms with E-state index in [1.807, 2.05) is 47.8 Å². The quantitative estimate of drug-likeness (QED) is 0.417. The van der Waals surface area contributed by atoms with Gasteiger partial charge in [0.2, 0.25) is 5.91 Å². The summed E-state index contributed by atoms with van der Waals surface area (Å²) in [6, 6.07) is 18.6. The lowest BCUT2D eigenvalue weighted by Crippen LogP contribution is -2.42. The molecule has 4 amide bonds. The Labute approximate surface area is 198 Å². The number of anilines is 1. The summed E-state index contributed by atoms with van der Waals surface area (Å²) in [5.74, 6) is -1.59. The van der Waals surface area contributed by atoms with Crippen molar-refractivity contribution in [1.82, 2.24) is 15.2 Å². The van der Waals surface area contributed by atoms with Crippen LogP contribution in [0.2, 0.25) is 0 Å². The minimum atomic E-state index is -1.38. The maximum absolute atomic E-state index is 13.3. The lowest BCUT2D eigenvalue weighted by atomic mass is 9.92. The molecule has 0 bridgehead atoms. The van der Waals surface area contributed by atoms with Gasteiger partial charge in [0.1, 0.15) is 17.9 Å². The van der Waals surface area contributed by atoms with E-state index in [9.17, 15) is 18.8 Å². The molecule has 170 valence electrons. The fourth-order valence-electron chi connectivity index (χ4n) is 3.93. The van der Waals surface area contributed by atoms with Crippen LogP contribution in [-0.4, -0.2) is 34.3 Å². The number of thiazole rings is 1. The highest BCUT2D eigenvalue weighted by molar-refractivity contribution is 7.14. The molecule has 2 heterocycles. The number of nitrogens with zero attached hydrogens (tertiary/aromatic N) is 2. The van der Waals surface area contributed by atoms with E-state index in [0.717, 1.165) is 21.2 Å². The second-order valence-corrected chi connectivity index (χ2v) is 8.96. The molecule has 1 aliphatic rings. The molecule has 1 fully saturated rings. The van der Waals surface area contributed by atoms with Crippen LogP contribution < -0.4 is 10.6 Å². The van der Waals surface area contributed by atoms with Gasteiger partial charge in [-0.1, -0.05) is 48.5 Å². The molecule has 0 spiro atoms. The van der Waals surface area contributed by atoms with Crippen molar-refractivity contribution in [3.63, 3.8) is 0 Å². The average molecular weight is 475 g/mol. The molecule has 1 saturated heterocycles. The molecule has 1 aliphatic heterocycles. The molecule has 5 rings (SSSR count). The Hall–Kier alpha value is -4.11. The zero-order valence-corrected chi connectivity index (χ0v) is 18.9. The first kappa shape index (κ1) is 21.7. The van der Waals surface area contributed by atoms with E-state index in [2.05, 4.69) is 15.6 Å². The van der Waals surface area contributed by atoms with Gasteiger partial charge < -0.3 is 10.6 Å². The Bertz CT molecular complexity index is 1440. The number of imide groups is 1. The van der Waals surface area contributed by atoms with Crippen LogP contribution in [0.25, 0.3) is 22.0 Å². The predicted molar refractivity (Wildman–Crippen MR) is 128 cm³/mol. The Kier molecular flexibility index (Phi) is 5.33. The van der Waals surface area contributed by atoms with Crippen molar-refractivity contribution in [2.24, 2.45) is 0 Å². The van der Waals surface area contributed by atoms with Crippen molar-refractivity contribution < 1.29 is 18.8 Å². The van der Waals surface area contributed by atoms with Crippen LogP contribution in [0.5, 0.6) is 0 Å². The number of halogens is 1. The molecule has 0 aliphatic carbocycles. The molecule has 1 unspecified atom stereocenters. The number of urea groups is 1. The van der Waals surface area contributed by atoms with E-state index in [1.54, 1.807) is 0 Å². The van der Waals surface area contributed by atoms with Crippen molar-refractivity contribution in [2.45, 2.75) is 12.5 Å². The van der Waals surface area contributed by atoms with Gasteiger partial charge in [-0.25, -0.2) is 14.2 Å². The summed E-state index contributed by atoms with van der Waals surface area (Å²) in [5.41, 5.74) is 0.676. The van der Waals surface area contributed by atoms with Crippen molar-refractivity contribution in [1.29, 1.82) is 0 Å². The number of amides is 4. The van der Waals surface area contributed by atoms with Crippen LogP contribution in [0.15, 0.2) is 72.1 Å². The summed E-state index contributed by atoms with van der Waals surface area (Å²) in [5, 5.41) is 9.66. The summed E-state index contributed by atoms with van der Waals surface area (Å²) in [7, 11) is 0. The molecule has 1 atom stereocenters. The highest BCUT2D eigenvalue weighted by Gasteiger charge is 2.49. The molecule has 7 nitrogen and oxygen atoms in total. The van der Waals surface area contributed by atoms with E-state index in [-0.39, 0.29) is 0 Å². The van der Waals surface area contributed by atoms with Gasteiger partial charge in [0, 0.05) is 10.9 Å². The second kappa shape index (κ2) is 8.35. The lowest BCUT2D eigenvalue weighted by Gasteiger charge is -2.22. The number of aromatic nitrogens is 1. The first-order valence-corrected chi connectivity index (χ1v) is 11.4. The first-order chi connectivity index (χ1) is 16.3. The standard InChI is InChI=1S/C25H19FN4O3S/c1-25(18-8-10-19(26)11-9-18)22(32)30(24(33)29-25)13-21(31)28-23-27-20(14-34-23)17-7-6-15-4-2-3-5-16(15)12-17/h2-12,14H,13H2,1H3,(H,29,33)(H,27,28,31). The third-order valence-corrected chi connectivity index (χ3v) is 6.55. The summed E-state index contributed by atoms with van der Waals surface area (Å²) in [6.45, 7) is 1.06. The van der Waals surface area contributed by atoms with Crippen molar-refractivity contribution in [2.75, 3.05) is 11.9 Å².